The van der Waals surface area contributed by atoms with Crippen LogP contribution in [0.25, 0.3) is 10.9 Å². The van der Waals surface area contributed by atoms with Gasteiger partial charge >= 0.3 is 0 Å². The molecule has 0 saturated carbocycles. The fourth-order valence-electron chi connectivity index (χ4n) is 3.53. The van der Waals surface area contributed by atoms with Gasteiger partial charge in [0.25, 0.3) is 0 Å². The summed E-state index contributed by atoms with van der Waals surface area (Å²) in [5.41, 5.74) is 5.02. The van der Waals surface area contributed by atoms with E-state index in [1.807, 2.05) is 0 Å². The highest BCUT2D eigenvalue weighted by atomic mass is 16.5. The molecule has 3 aromatic rings. The van der Waals surface area contributed by atoms with Crippen molar-refractivity contribution in [2.24, 2.45) is 7.05 Å². The van der Waals surface area contributed by atoms with Crippen LogP contribution >= 0.6 is 0 Å². The first kappa shape index (κ1) is 14.2. The van der Waals surface area contributed by atoms with Gasteiger partial charge in [-0.2, -0.15) is 0 Å². The Balaban J connectivity index is 1.63. The van der Waals surface area contributed by atoms with Gasteiger partial charge in [-0.25, -0.2) is 0 Å². The number of benzene rings is 2. The van der Waals surface area contributed by atoms with Crippen molar-refractivity contribution >= 4 is 16.6 Å². The van der Waals surface area contributed by atoms with E-state index in [2.05, 4.69) is 79.0 Å². The summed E-state index contributed by atoms with van der Waals surface area (Å²) in [6, 6.07) is 17.2. The maximum Gasteiger partial charge on any atom is 0.143 e. The number of ether oxygens (including phenoxy) is 1. The molecule has 1 aliphatic rings. The molecule has 0 radical (unpaired) electrons. The van der Waals surface area contributed by atoms with Crippen molar-refractivity contribution in [3.63, 3.8) is 0 Å². The van der Waals surface area contributed by atoms with E-state index in [0.717, 1.165) is 18.7 Å². The Morgan fingerprint density at radius 1 is 1.09 bits per heavy atom. The molecule has 0 bridgehead atoms. The van der Waals surface area contributed by atoms with E-state index in [9.17, 15) is 0 Å². The molecule has 1 atom stereocenters. The van der Waals surface area contributed by atoms with E-state index in [0.29, 0.717) is 0 Å². The Hall–Kier alpha value is -2.42. The Bertz CT molecular complexity index is 865. The van der Waals surface area contributed by atoms with Crippen LogP contribution < -0.4 is 9.64 Å². The standard InChI is InChI=1S/C20H22N2O/c1-14-8-9-19-20(10-14)23-17(13-21(19)2)12-16-11-15-6-4-5-7-18(15)22(16)3/h4-11,17H,12-13H2,1-3H3. The van der Waals surface area contributed by atoms with E-state index >= 15 is 0 Å². The van der Waals surface area contributed by atoms with Crippen molar-refractivity contribution in [1.29, 1.82) is 0 Å². The lowest BCUT2D eigenvalue weighted by Crippen LogP contribution is -2.39. The fraction of sp³-hybridized carbons (Fsp3) is 0.300. The van der Waals surface area contributed by atoms with Crippen molar-refractivity contribution in [2.75, 3.05) is 18.5 Å². The number of likely N-dealkylation sites (N-methyl/N-ethyl adjacent to an activating group) is 1. The molecule has 23 heavy (non-hydrogen) atoms. The molecule has 3 heteroatoms. The summed E-state index contributed by atoms with van der Waals surface area (Å²) in [5.74, 6) is 1.00. The van der Waals surface area contributed by atoms with Crippen LogP contribution in [-0.4, -0.2) is 24.3 Å². The van der Waals surface area contributed by atoms with Crippen LogP contribution in [0.4, 0.5) is 5.69 Å². The zero-order chi connectivity index (χ0) is 16.0. The molecule has 118 valence electrons. The Labute approximate surface area is 137 Å². The monoisotopic (exact) mass is 306 g/mol. The summed E-state index contributed by atoms with van der Waals surface area (Å²) in [6.07, 6.45) is 1.10. The summed E-state index contributed by atoms with van der Waals surface area (Å²) in [7, 11) is 4.29. The van der Waals surface area contributed by atoms with Crippen molar-refractivity contribution in [3.8, 4) is 5.75 Å². The Kier molecular flexibility index (Phi) is 3.29. The second kappa shape index (κ2) is 5.34. The van der Waals surface area contributed by atoms with E-state index < -0.39 is 0 Å². The van der Waals surface area contributed by atoms with Gasteiger partial charge in [-0.3, -0.25) is 0 Å². The van der Waals surface area contributed by atoms with Gasteiger partial charge in [0.2, 0.25) is 0 Å². The first-order valence-electron chi connectivity index (χ1n) is 8.13. The van der Waals surface area contributed by atoms with Crippen LogP contribution in [0.5, 0.6) is 5.75 Å². The molecule has 1 aliphatic heterocycles. The van der Waals surface area contributed by atoms with Gasteiger partial charge in [0.15, 0.2) is 0 Å². The molecule has 1 unspecified atom stereocenters. The van der Waals surface area contributed by atoms with Gasteiger partial charge < -0.3 is 14.2 Å². The number of anilines is 1. The maximum atomic E-state index is 6.28. The third-order valence-electron chi connectivity index (χ3n) is 4.79. The number of hydrogen-bond acceptors (Lipinski definition) is 2. The number of aromatic nitrogens is 1. The summed E-state index contributed by atoms with van der Waals surface area (Å²) >= 11 is 0. The minimum absolute atomic E-state index is 0.178. The van der Waals surface area contributed by atoms with E-state index in [4.69, 9.17) is 4.74 Å². The third kappa shape index (κ3) is 2.46. The summed E-state index contributed by atoms with van der Waals surface area (Å²) in [4.78, 5) is 2.30. The highest BCUT2D eigenvalue weighted by Gasteiger charge is 2.24. The highest BCUT2D eigenvalue weighted by Crippen LogP contribution is 2.34. The predicted molar refractivity (Wildman–Crippen MR) is 95.5 cm³/mol. The number of rotatable bonds is 2. The molecule has 0 N–H and O–H groups in total. The third-order valence-corrected chi connectivity index (χ3v) is 4.79. The second-order valence-corrected chi connectivity index (χ2v) is 6.55. The number of aryl methyl sites for hydroxylation is 2. The summed E-state index contributed by atoms with van der Waals surface area (Å²) in [5, 5.41) is 1.30. The van der Waals surface area contributed by atoms with Crippen LogP contribution in [0.15, 0.2) is 48.5 Å². The molecule has 0 amide bonds. The fourth-order valence-corrected chi connectivity index (χ4v) is 3.53. The molecular formula is C20H22N2O. The molecule has 2 aromatic carbocycles. The quantitative estimate of drug-likeness (QED) is 0.714. The lowest BCUT2D eigenvalue weighted by atomic mass is 10.1. The predicted octanol–water partition coefficient (Wildman–Crippen LogP) is 3.93. The SMILES string of the molecule is Cc1ccc2c(c1)OC(Cc1cc3ccccc3n1C)CN2C. The van der Waals surface area contributed by atoms with Crippen LogP contribution in [0.1, 0.15) is 11.3 Å². The molecule has 1 aromatic heterocycles. The summed E-state index contributed by atoms with van der Waals surface area (Å²) in [6.45, 7) is 3.02. The van der Waals surface area contributed by atoms with Gasteiger partial charge in [0.1, 0.15) is 11.9 Å². The molecule has 0 saturated heterocycles. The first-order valence-corrected chi connectivity index (χ1v) is 8.13. The van der Waals surface area contributed by atoms with Gasteiger partial charge in [-0.05, 0) is 42.1 Å². The van der Waals surface area contributed by atoms with Gasteiger partial charge in [-0.15, -0.1) is 0 Å². The zero-order valence-electron chi connectivity index (χ0n) is 13.9. The van der Waals surface area contributed by atoms with Crippen molar-refractivity contribution in [1.82, 2.24) is 4.57 Å². The number of nitrogens with zero attached hydrogens (tertiary/aromatic N) is 2. The Morgan fingerprint density at radius 2 is 1.91 bits per heavy atom. The molecule has 0 aliphatic carbocycles. The molecular weight excluding hydrogens is 284 g/mol. The maximum absolute atomic E-state index is 6.28. The van der Waals surface area contributed by atoms with Crippen molar-refractivity contribution < 1.29 is 4.74 Å². The number of hydrogen-bond donors (Lipinski definition) is 0. The second-order valence-electron chi connectivity index (χ2n) is 6.55. The average Bonchev–Trinajstić information content (AvgIpc) is 2.83. The van der Waals surface area contributed by atoms with Gasteiger partial charge in [0, 0.05) is 31.7 Å². The number of para-hydroxylation sites is 1. The van der Waals surface area contributed by atoms with Crippen molar-refractivity contribution in [2.45, 2.75) is 19.4 Å². The molecule has 3 nitrogen and oxygen atoms in total. The molecule has 0 spiro atoms. The molecule has 0 fully saturated rings. The number of fused-ring (bicyclic) bond motifs is 2. The van der Waals surface area contributed by atoms with E-state index in [1.165, 1.54) is 27.8 Å². The van der Waals surface area contributed by atoms with E-state index in [-0.39, 0.29) is 6.10 Å². The Morgan fingerprint density at radius 3 is 2.74 bits per heavy atom. The smallest absolute Gasteiger partial charge is 0.143 e. The van der Waals surface area contributed by atoms with Crippen LogP contribution in [0, 0.1) is 6.92 Å². The molecule has 4 rings (SSSR count). The van der Waals surface area contributed by atoms with Crippen LogP contribution in [-0.2, 0) is 13.5 Å². The first-order chi connectivity index (χ1) is 11.1. The van der Waals surface area contributed by atoms with Crippen LogP contribution in [0.2, 0.25) is 0 Å². The topological polar surface area (TPSA) is 17.4 Å². The highest BCUT2D eigenvalue weighted by molar-refractivity contribution is 5.81. The minimum Gasteiger partial charge on any atom is -0.486 e. The van der Waals surface area contributed by atoms with E-state index in [1.54, 1.807) is 0 Å². The summed E-state index contributed by atoms with van der Waals surface area (Å²) < 4.78 is 8.57. The van der Waals surface area contributed by atoms with Crippen LogP contribution in [0.3, 0.4) is 0 Å². The lowest BCUT2D eigenvalue weighted by molar-refractivity contribution is 0.194. The average molecular weight is 306 g/mol. The minimum atomic E-state index is 0.178. The molecule has 2 heterocycles. The van der Waals surface area contributed by atoms with Gasteiger partial charge in [0.05, 0.1) is 12.2 Å². The largest absolute Gasteiger partial charge is 0.486 e. The van der Waals surface area contributed by atoms with Gasteiger partial charge in [-0.1, -0.05) is 24.3 Å². The normalized spacial score (nSPS) is 17.2. The zero-order valence-corrected chi connectivity index (χ0v) is 13.9. The lowest BCUT2D eigenvalue weighted by Gasteiger charge is -2.34. The van der Waals surface area contributed by atoms with Crippen molar-refractivity contribution in [3.05, 3.63) is 59.8 Å².